The van der Waals surface area contributed by atoms with E-state index >= 15 is 0 Å². The van der Waals surface area contributed by atoms with Crippen LogP contribution in [0, 0.1) is 0 Å². The van der Waals surface area contributed by atoms with E-state index in [4.69, 9.17) is 16.0 Å². The average Bonchev–Trinajstić information content (AvgIpc) is 3.18. The molecule has 26 heavy (non-hydrogen) atoms. The predicted octanol–water partition coefficient (Wildman–Crippen LogP) is 0.550. The zero-order chi connectivity index (χ0) is 18.9. The molecule has 0 spiro atoms. The Labute approximate surface area is 148 Å². The van der Waals surface area contributed by atoms with Gasteiger partial charge in [-0.25, -0.2) is 4.98 Å². The van der Waals surface area contributed by atoms with Gasteiger partial charge in [0, 0.05) is 11.3 Å². The van der Waals surface area contributed by atoms with Crippen molar-refractivity contribution in [2.45, 2.75) is 44.2 Å². The van der Waals surface area contributed by atoms with Crippen molar-refractivity contribution < 1.29 is 14.9 Å². The summed E-state index contributed by atoms with van der Waals surface area (Å²) in [7, 11) is 0. The zero-order valence-electron chi connectivity index (χ0n) is 14.4. The monoisotopic (exact) mass is 363 g/mol. The second-order valence-electron chi connectivity index (χ2n) is 6.74. The van der Waals surface area contributed by atoms with Crippen LogP contribution in [0.5, 0.6) is 0 Å². The molecule has 12 nitrogen and oxygen atoms in total. The Morgan fingerprint density at radius 1 is 1.50 bits per heavy atom. The molecule has 3 heterocycles. The van der Waals surface area contributed by atoms with Crippen LogP contribution in [0.15, 0.2) is 11.4 Å². The highest BCUT2D eigenvalue weighted by molar-refractivity contribution is 5.84. The van der Waals surface area contributed by atoms with Gasteiger partial charge in [-0.3, -0.25) is 4.57 Å². The minimum atomic E-state index is -0.629. The Morgan fingerprint density at radius 2 is 2.27 bits per heavy atom. The number of aliphatic hydroxyl groups excluding tert-OH is 2. The molecule has 1 aliphatic heterocycles. The van der Waals surface area contributed by atoms with E-state index in [0.717, 1.165) is 0 Å². The Kier molecular flexibility index (Phi) is 4.83. The molecule has 12 heteroatoms. The molecule has 5 N–H and O–H groups in total. The molecule has 1 fully saturated rings. The zero-order valence-corrected chi connectivity index (χ0v) is 14.4. The number of rotatable bonds is 6. The number of fused-ring (bicyclic) bond motifs is 1. The molecule has 0 aromatic carbocycles. The number of nitrogens with two attached hydrogens (primary N) is 1. The maximum Gasteiger partial charge on any atom is 0.224 e. The summed E-state index contributed by atoms with van der Waals surface area (Å²) >= 11 is 0. The van der Waals surface area contributed by atoms with E-state index in [1.165, 1.54) is 6.33 Å². The van der Waals surface area contributed by atoms with Crippen LogP contribution < -0.4 is 11.1 Å². The van der Waals surface area contributed by atoms with Crippen LogP contribution in [0.4, 0.5) is 11.8 Å². The number of aromatic nitrogens is 4. The Bertz CT molecular complexity index is 846. The van der Waals surface area contributed by atoms with Crippen LogP contribution >= 0.6 is 0 Å². The lowest BCUT2D eigenvalue weighted by atomic mass is 10.1. The predicted molar refractivity (Wildman–Crippen MR) is 93.1 cm³/mol. The molecule has 2 aromatic rings. The minimum absolute atomic E-state index is 0.0405. The molecule has 3 rings (SSSR count). The van der Waals surface area contributed by atoms with Gasteiger partial charge in [0.15, 0.2) is 17.0 Å². The third-order valence-electron chi connectivity index (χ3n) is 4.19. The smallest absolute Gasteiger partial charge is 0.224 e. The highest BCUT2D eigenvalue weighted by atomic mass is 16.5. The summed E-state index contributed by atoms with van der Waals surface area (Å²) in [6.07, 6.45) is 0.794. The first-order valence-electron chi connectivity index (χ1n) is 8.08. The minimum Gasteiger partial charge on any atom is -0.394 e. The van der Waals surface area contributed by atoms with E-state index in [9.17, 15) is 10.2 Å². The first-order chi connectivity index (χ1) is 12.4. The third kappa shape index (κ3) is 3.35. The topological polar surface area (TPSA) is 180 Å². The lowest BCUT2D eigenvalue weighted by molar-refractivity contribution is -0.0232. The van der Waals surface area contributed by atoms with Crippen LogP contribution in [0.3, 0.4) is 0 Å². The third-order valence-corrected chi connectivity index (χ3v) is 4.19. The van der Waals surface area contributed by atoms with Crippen molar-refractivity contribution in [1.82, 2.24) is 19.5 Å². The van der Waals surface area contributed by atoms with Gasteiger partial charge in [0.05, 0.1) is 37.2 Å². The van der Waals surface area contributed by atoms with Crippen LogP contribution in [0.25, 0.3) is 21.6 Å². The number of nitrogens with zero attached hydrogens (tertiary/aromatic N) is 7. The van der Waals surface area contributed by atoms with E-state index in [1.807, 2.05) is 13.8 Å². The van der Waals surface area contributed by atoms with Crippen LogP contribution in [0.2, 0.25) is 0 Å². The van der Waals surface area contributed by atoms with Crippen LogP contribution in [-0.4, -0.2) is 60.6 Å². The Balaban J connectivity index is 1.99. The van der Waals surface area contributed by atoms with Crippen LogP contribution in [0.1, 0.15) is 26.5 Å². The van der Waals surface area contributed by atoms with Gasteiger partial charge in [-0.15, -0.1) is 0 Å². The fourth-order valence-corrected chi connectivity index (χ4v) is 2.83. The van der Waals surface area contributed by atoms with Crippen molar-refractivity contribution in [3.8, 4) is 0 Å². The molecular weight excluding hydrogens is 342 g/mol. The number of nitrogen functional groups attached to an aromatic ring is 1. The fourth-order valence-electron chi connectivity index (χ4n) is 2.83. The van der Waals surface area contributed by atoms with Crippen molar-refractivity contribution in [3.05, 3.63) is 16.8 Å². The summed E-state index contributed by atoms with van der Waals surface area (Å²) in [5.41, 5.74) is 14.8. The van der Waals surface area contributed by atoms with Crippen molar-refractivity contribution in [3.63, 3.8) is 0 Å². The Morgan fingerprint density at radius 3 is 2.92 bits per heavy atom. The van der Waals surface area contributed by atoms with Gasteiger partial charge in [0.1, 0.15) is 6.23 Å². The number of aliphatic hydroxyl groups is 2. The molecule has 1 aliphatic rings. The first-order valence-corrected chi connectivity index (χ1v) is 8.08. The maximum absolute atomic E-state index is 9.46. The number of ether oxygens (including phenoxy) is 1. The van der Waals surface area contributed by atoms with Gasteiger partial charge in [-0.1, -0.05) is 5.11 Å². The van der Waals surface area contributed by atoms with E-state index in [1.54, 1.807) is 4.57 Å². The summed E-state index contributed by atoms with van der Waals surface area (Å²) in [4.78, 5) is 15.5. The average molecular weight is 363 g/mol. The highest BCUT2D eigenvalue weighted by Crippen LogP contribution is 2.34. The van der Waals surface area contributed by atoms with E-state index < -0.39 is 23.9 Å². The molecule has 0 bridgehead atoms. The van der Waals surface area contributed by atoms with Gasteiger partial charge in [-0.2, -0.15) is 9.97 Å². The van der Waals surface area contributed by atoms with Crippen LogP contribution in [-0.2, 0) is 4.74 Å². The normalized spacial score (nSPS) is 23.2. The van der Waals surface area contributed by atoms with E-state index in [2.05, 4.69) is 30.3 Å². The van der Waals surface area contributed by atoms with Gasteiger partial charge >= 0.3 is 0 Å². The van der Waals surface area contributed by atoms with Gasteiger partial charge in [0.25, 0.3) is 0 Å². The number of nitrogens with one attached hydrogen (secondary N) is 1. The van der Waals surface area contributed by atoms with E-state index in [0.29, 0.717) is 23.4 Å². The molecule has 3 atom stereocenters. The molecule has 0 unspecified atom stereocenters. The SMILES string of the molecule is CC(C)(CO)Nc1nc(N)nc2c1ncn2[C@H]1C[C@H](N=[N+]=[N-])[C@@H](CO)O1. The molecule has 0 aliphatic carbocycles. The molecule has 1 saturated heterocycles. The summed E-state index contributed by atoms with van der Waals surface area (Å²) in [6, 6.07) is -0.488. The molecule has 0 radical (unpaired) electrons. The van der Waals surface area contributed by atoms with E-state index in [-0.39, 0.29) is 19.2 Å². The largest absolute Gasteiger partial charge is 0.394 e. The molecular formula is C14H21N9O3. The van der Waals surface area contributed by atoms with Crippen molar-refractivity contribution in [2.24, 2.45) is 5.11 Å². The lowest BCUT2D eigenvalue weighted by Gasteiger charge is -2.24. The second kappa shape index (κ2) is 6.92. The lowest BCUT2D eigenvalue weighted by Crippen LogP contribution is -2.35. The molecule has 2 aromatic heterocycles. The van der Waals surface area contributed by atoms with Gasteiger partial charge in [-0.05, 0) is 19.4 Å². The molecule has 0 saturated carbocycles. The number of hydrogen-bond donors (Lipinski definition) is 4. The standard InChI is InChI=1S/C14H21N9O3/c1-14(2,5-25)20-11-10-12(19-13(15)18-11)23(6-17-10)9-3-7(21-22-16)8(4-24)26-9/h6-9,24-25H,3-5H2,1-2H3,(H3,15,18,19,20)/t7-,8+,9+/m0/s1. The summed E-state index contributed by atoms with van der Waals surface area (Å²) < 4.78 is 7.44. The number of azide groups is 1. The molecule has 140 valence electrons. The quantitative estimate of drug-likeness (QED) is 0.326. The van der Waals surface area contributed by atoms with Crippen molar-refractivity contribution in [1.29, 1.82) is 0 Å². The highest BCUT2D eigenvalue weighted by Gasteiger charge is 2.36. The van der Waals surface area contributed by atoms with Crippen molar-refractivity contribution in [2.75, 3.05) is 24.3 Å². The first kappa shape index (κ1) is 18.1. The summed E-state index contributed by atoms with van der Waals surface area (Å²) in [5, 5.41) is 25.7. The summed E-state index contributed by atoms with van der Waals surface area (Å²) in [6.45, 7) is 3.24. The molecule has 0 amide bonds. The second-order valence-corrected chi connectivity index (χ2v) is 6.74. The number of hydrogen-bond acceptors (Lipinski definition) is 9. The van der Waals surface area contributed by atoms with Gasteiger partial charge in [0.2, 0.25) is 5.95 Å². The number of imidazole rings is 1. The van der Waals surface area contributed by atoms with Crippen molar-refractivity contribution >= 4 is 22.9 Å². The Hall–Kier alpha value is -2.66. The maximum atomic E-state index is 9.46. The number of anilines is 2. The summed E-state index contributed by atoms with van der Waals surface area (Å²) in [5.74, 6) is 0.437. The fraction of sp³-hybridized carbons (Fsp3) is 0.643. The van der Waals surface area contributed by atoms with Gasteiger partial charge < -0.3 is 26.0 Å².